The Kier molecular flexibility index (Phi) is 3.24. The zero-order valence-corrected chi connectivity index (χ0v) is 10.4. The lowest BCUT2D eigenvalue weighted by Crippen LogP contribution is -2.21. The third kappa shape index (κ3) is 2.42. The molecule has 3 rings (SSSR count). The molecule has 1 aromatic carbocycles. The molecule has 0 spiro atoms. The van der Waals surface area contributed by atoms with Crippen molar-refractivity contribution in [1.29, 1.82) is 0 Å². The van der Waals surface area contributed by atoms with Crippen molar-refractivity contribution >= 4 is 8.46 Å². The molecule has 17 heavy (non-hydrogen) atoms. The molecular weight excluding hydrogens is 235 g/mol. The van der Waals surface area contributed by atoms with Gasteiger partial charge in [-0.1, -0.05) is 30.3 Å². The molecule has 1 heterocycles. The van der Waals surface area contributed by atoms with Gasteiger partial charge in [0.05, 0.1) is 25.4 Å². The second-order valence-corrected chi connectivity index (χ2v) is 5.59. The summed E-state index contributed by atoms with van der Waals surface area (Å²) in [6.07, 6.45) is 1.58. The Morgan fingerprint density at radius 1 is 1.35 bits per heavy atom. The Morgan fingerprint density at radius 2 is 2.18 bits per heavy atom. The smallest absolute Gasteiger partial charge is 0.159 e. The van der Waals surface area contributed by atoms with E-state index in [0.717, 1.165) is 6.42 Å². The molecule has 1 aliphatic heterocycles. The van der Waals surface area contributed by atoms with E-state index in [2.05, 4.69) is 12.1 Å². The minimum Gasteiger partial charge on any atom is -0.376 e. The van der Waals surface area contributed by atoms with Crippen molar-refractivity contribution in [3.05, 3.63) is 35.9 Å². The molecular formula is C13H15O3P. The van der Waals surface area contributed by atoms with E-state index < -0.39 is 0 Å². The number of ether oxygens (including phenoxy) is 2. The van der Waals surface area contributed by atoms with E-state index in [4.69, 9.17) is 9.47 Å². The van der Waals surface area contributed by atoms with Crippen LogP contribution >= 0.6 is 8.46 Å². The molecule has 1 aromatic rings. The van der Waals surface area contributed by atoms with E-state index in [1.807, 2.05) is 18.2 Å². The fraction of sp³-hybridized carbons (Fsp3) is 0.538. The molecule has 4 atom stereocenters. The predicted octanol–water partition coefficient (Wildman–Crippen LogP) is 2.65. The van der Waals surface area contributed by atoms with Crippen molar-refractivity contribution in [3.63, 3.8) is 0 Å². The van der Waals surface area contributed by atoms with Gasteiger partial charge in [-0.05, 0) is 12.0 Å². The highest BCUT2D eigenvalue weighted by atomic mass is 31.1. The summed E-state index contributed by atoms with van der Waals surface area (Å²) in [5, 5.41) is 0. The standard InChI is InChI=1S/C13H15O3P/c14-17-12-6-11-13(16-11)10(12)8-15-7-9-4-2-1-3-5-9/h1-5,10-13H,6-8H2/t10-,11-,12+,13+/m1/s1. The van der Waals surface area contributed by atoms with Crippen LogP contribution in [0, 0.1) is 5.92 Å². The van der Waals surface area contributed by atoms with Gasteiger partial charge in [0.15, 0.2) is 8.46 Å². The number of rotatable bonds is 5. The Morgan fingerprint density at radius 3 is 2.94 bits per heavy atom. The largest absolute Gasteiger partial charge is 0.376 e. The molecule has 1 aliphatic carbocycles. The average molecular weight is 250 g/mol. The topological polar surface area (TPSA) is 38.8 Å². The van der Waals surface area contributed by atoms with Crippen LogP contribution in [0.1, 0.15) is 12.0 Å². The van der Waals surface area contributed by atoms with Crippen LogP contribution in [-0.2, 0) is 20.6 Å². The minimum absolute atomic E-state index is 0.231. The van der Waals surface area contributed by atoms with Gasteiger partial charge in [0.2, 0.25) is 0 Å². The third-order valence-electron chi connectivity index (χ3n) is 3.57. The van der Waals surface area contributed by atoms with Crippen molar-refractivity contribution in [1.82, 2.24) is 0 Å². The number of fused-ring (bicyclic) bond motifs is 1. The SMILES string of the molecule is O=P[C@H]1C[C@H]2O[C@H]2[C@@H]1COCc1ccccc1. The molecule has 90 valence electrons. The van der Waals surface area contributed by atoms with E-state index >= 15 is 0 Å². The maximum atomic E-state index is 11.0. The van der Waals surface area contributed by atoms with Gasteiger partial charge >= 0.3 is 0 Å². The van der Waals surface area contributed by atoms with Gasteiger partial charge in [-0.15, -0.1) is 0 Å². The van der Waals surface area contributed by atoms with Crippen LogP contribution in [0.4, 0.5) is 0 Å². The fourth-order valence-corrected chi connectivity index (χ4v) is 3.27. The average Bonchev–Trinajstić information content (AvgIpc) is 3.06. The molecule has 0 aromatic heterocycles. The molecule has 3 nitrogen and oxygen atoms in total. The molecule has 1 saturated carbocycles. The summed E-state index contributed by atoms with van der Waals surface area (Å²) < 4.78 is 22.2. The van der Waals surface area contributed by atoms with Gasteiger partial charge < -0.3 is 9.47 Å². The van der Waals surface area contributed by atoms with E-state index in [9.17, 15) is 4.57 Å². The Balaban J connectivity index is 1.49. The van der Waals surface area contributed by atoms with Gasteiger partial charge in [-0.2, -0.15) is 0 Å². The zero-order valence-electron chi connectivity index (χ0n) is 9.49. The van der Waals surface area contributed by atoms with E-state index in [-0.39, 0.29) is 14.1 Å². The van der Waals surface area contributed by atoms with Gasteiger partial charge in [0.1, 0.15) is 0 Å². The molecule has 0 amide bonds. The van der Waals surface area contributed by atoms with Crippen molar-refractivity contribution in [2.45, 2.75) is 30.9 Å². The molecule has 0 radical (unpaired) electrons. The van der Waals surface area contributed by atoms with Crippen molar-refractivity contribution in [2.75, 3.05) is 6.61 Å². The fourth-order valence-electron chi connectivity index (χ4n) is 2.57. The van der Waals surface area contributed by atoms with E-state index in [1.54, 1.807) is 0 Å². The first-order valence-electron chi connectivity index (χ1n) is 5.98. The summed E-state index contributed by atoms with van der Waals surface area (Å²) in [6.45, 7) is 1.27. The van der Waals surface area contributed by atoms with Gasteiger partial charge in [0.25, 0.3) is 0 Å². The molecule has 2 fully saturated rings. The monoisotopic (exact) mass is 250 g/mol. The Labute approximate surface area is 102 Å². The first kappa shape index (κ1) is 11.3. The normalized spacial score (nSPS) is 34.8. The van der Waals surface area contributed by atoms with E-state index in [1.165, 1.54) is 5.56 Å². The van der Waals surface area contributed by atoms with Crippen LogP contribution < -0.4 is 0 Å². The quantitative estimate of drug-likeness (QED) is 0.595. The maximum Gasteiger partial charge on any atom is 0.159 e. The lowest BCUT2D eigenvalue weighted by Gasteiger charge is -2.15. The lowest BCUT2D eigenvalue weighted by atomic mass is 10.1. The van der Waals surface area contributed by atoms with Crippen molar-refractivity contribution in [3.8, 4) is 0 Å². The molecule has 1 saturated heterocycles. The minimum atomic E-state index is 0.231. The molecule has 0 N–H and O–H groups in total. The highest BCUT2D eigenvalue weighted by Gasteiger charge is 2.55. The van der Waals surface area contributed by atoms with Crippen molar-refractivity contribution in [2.24, 2.45) is 5.92 Å². The van der Waals surface area contributed by atoms with Gasteiger partial charge in [0, 0.05) is 11.6 Å². The van der Waals surface area contributed by atoms with Crippen LogP contribution in [0.3, 0.4) is 0 Å². The molecule has 4 heteroatoms. The highest BCUT2D eigenvalue weighted by Crippen LogP contribution is 2.47. The number of hydrogen-bond acceptors (Lipinski definition) is 3. The number of benzene rings is 1. The van der Waals surface area contributed by atoms with Gasteiger partial charge in [-0.3, -0.25) is 4.57 Å². The summed E-state index contributed by atoms with van der Waals surface area (Å²) >= 11 is 0. The summed E-state index contributed by atoms with van der Waals surface area (Å²) in [6, 6.07) is 10.1. The van der Waals surface area contributed by atoms with Crippen LogP contribution in [0.5, 0.6) is 0 Å². The summed E-state index contributed by atoms with van der Waals surface area (Å²) in [5.74, 6) is 0.308. The lowest BCUT2D eigenvalue weighted by molar-refractivity contribution is 0.0736. The van der Waals surface area contributed by atoms with E-state index in [0.29, 0.717) is 31.3 Å². The van der Waals surface area contributed by atoms with Crippen LogP contribution in [0.2, 0.25) is 0 Å². The molecule has 0 bridgehead atoms. The van der Waals surface area contributed by atoms with Crippen LogP contribution in [0.25, 0.3) is 0 Å². The second-order valence-electron chi connectivity index (χ2n) is 4.71. The summed E-state index contributed by atoms with van der Waals surface area (Å²) in [5.41, 5.74) is 1.41. The van der Waals surface area contributed by atoms with Crippen LogP contribution in [0.15, 0.2) is 30.3 Å². The predicted molar refractivity (Wildman–Crippen MR) is 64.3 cm³/mol. The van der Waals surface area contributed by atoms with Gasteiger partial charge in [-0.25, -0.2) is 0 Å². The summed E-state index contributed by atoms with van der Waals surface area (Å²) in [4.78, 5) is 0. The number of epoxide rings is 1. The number of hydrogen-bond donors (Lipinski definition) is 0. The first-order chi connectivity index (χ1) is 8.38. The molecule has 2 aliphatic rings. The van der Waals surface area contributed by atoms with Crippen molar-refractivity contribution < 1.29 is 14.0 Å². The second kappa shape index (κ2) is 4.85. The zero-order chi connectivity index (χ0) is 11.7. The Hall–Kier alpha value is -0.760. The Bertz CT molecular complexity index is 395. The first-order valence-corrected chi connectivity index (χ1v) is 6.86. The van der Waals surface area contributed by atoms with Crippen LogP contribution in [-0.4, -0.2) is 24.5 Å². The maximum absolute atomic E-state index is 11.0. The highest BCUT2D eigenvalue weighted by molar-refractivity contribution is 7.24. The third-order valence-corrected chi connectivity index (χ3v) is 4.43. The summed E-state index contributed by atoms with van der Waals surface area (Å²) in [7, 11) is 0.243. The molecule has 0 unspecified atom stereocenters.